The molecular weight excluding hydrogens is 446 g/mol. The number of rotatable bonds is 7. The molecule has 2 aliphatic heterocycles. The van der Waals surface area contributed by atoms with Crippen molar-refractivity contribution in [3.05, 3.63) is 71.2 Å². The second-order valence-corrected chi connectivity index (χ2v) is 8.43. The number of aromatic nitrogens is 1. The van der Waals surface area contributed by atoms with Gasteiger partial charge in [-0.15, -0.1) is 0 Å². The molecule has 1 saturated heterocycles. The van der Waals surface area contributed by atoms with Gasteiger partial charge in [0, 0.05) is 39.1 Å². The van der Waals surface area contributed by atoms with Crippen molar-refractivity contribution in [3.8, 4) is 11.8 Å². The fourth-order valence-electron chi connectivity index (χ4n) is 4.62. The summed E-state index contributed by atoms with van der Waals surface area (Å²) in [5.41, 5.74) is 2.18. The minimum Gasteiger partial charge on any atom is -0.495 e. The molecule has 0 radical (unpaired) electrons. The standard InChI is InChI=1S/C26H25N5O4/c1-34-22-10-5-4-9-21(22)29-13-15-30(16-14-29)26-20(17-27)28-23(35-26)11-6-12-31-24(32)18-7-2-3-8-19(18)25(31)33/h2-5,7-10H,6,11-16H2,1H3. The van der Waals surface area contributed by atoms with Crippen LogP contribution in [0.2, 0.25) is 0 Å². The van der Waals surface area contributed by atoms with Gasteiger partial charge in [-0.25, -0.2) is 4.98 Å². The molecule has 0 spiro atoms. The highest BCUT2D eigenvalue weighted by Crippen LogP contribution is 2.30. The number of amides is 2. The summed E-state index contributed by atoms with van der Waals surface area (Å²) in [4.78, 5) is 35.0. The van der Waals surface area contributed by atoms with Crippen molar-refractivity contribution in [1.29, 1.82) is 5.26 Å². The van der Waals surface area contributed by atoms with Crippen LogP contribution in [-0.2, 0) is 6.42 Å². The number of hydrogen-bond donors (Lipinski definition) is 0. The van der Waals surface area contributed by atoms with Crippen LogP contribution in [-0.4, -0.2) is 61.5 Å². The summed E-state index contributed by atoms with van der Waals surface area (Å²) in [6.07, 6.45) is 0.918. The number of imide groups is 1. The van der Waals surface area contributed by atoms with Crippen molar-refractivity contribution in [1.82, 2.24) is 9.88 Å². The van der Waals surface area contributed by atoms with Gasteiger partial charge in [-0.1, -0.05) is 24.3 Å². The van der Waals surface area contributed by atoms with E-state index < -0.39 is 0 Å². The quantitative estimate of drug-likeness (QED) is 0.485. The number of oxazole rings is 1. The van der Waals surface area contributed by atoms with E-state index in [1.807, 2.05) is 29.2 Å². The Morgan fingerprint density at radius 1 is 0.971 bits per heavy atom. The highest BCUT2D eigenvalue weighted by atomic mass is 16.5. The summed E-state index contributed by atoms with van der Waals surface area (Å²) in [7, 11) is 1.67. The van der Waals surface area contributed by atoms with Gasteiger partial charge in [-0.2, -0.15) is 5.26 Å². The van der Waals surface area contributed by atoms with Crippen molar-refractivity contribution < 1.29 is 18.7 Å². The number of carbonyl (C=O) groups is 2. The predicted molar refractivity (Wildman–Crippen MR) is 129 cm³/mol. The lowest BCUT2D eigenvalue weighted by Gasteiger charge is -2.36. The number of ether oxygens (including phenoxy) is 1. The number of fused-ring (bicyclic) bond motifs is 1. The third-order valence-electron chi connectivity index (χ3n) is 6.40. The number of piperazine rings is 1. The van der Waals surface area contributed by atoms with E-state index in [4.69, 9.17) is 9.15 Å². The largest absolute Gasteiger partial charge is 0.495 e. The van der Waals surface area contributed by atoms with Gasteiger partial charge in [-0.3, -0.25) is 14.5 Å². The number of benzene rings is 2. The second kappa shape index (κ2) is 9.50. The first-order valence-electron chi connectivity index (χ1n) is 11.6. The molecule has 0 atom stereocenters. The van der Waals surface area contributed by atoms with Crippen LogP contribution in [0.5, 0.6) is 5.75 Å². The molecule has 0 saturated carbocycles. The lowest BCUT2D eigenvalue weighted by molar-refractivity contribution is 0.0651. The van der Waals surface area contributed by atoms with Crippen LogP contribution in [0.4, 0.5) is 11.6 Å². The van der Waals surface area contributed by atoms with E-state index in [1.165, 1.54) is 4.90 Å². The van der Waals surface area contributed by atoms with E-state index in [-0.39, 0.29) is 24.1 Å². The zero-order chi connectivity index (χ0) is 24.4. The van der Waals surface area contributed by atoms with E-state index in [9.17, 15) is 14.9 Å². The molecule has 0 aliphatic carbocycles. The Hall–Kier alpha value is -4.32. The van der Waals surface area contributed by atoms with Crippen LogP contribution < -0.4 is 14.5 Å². The molecule has 0 N–H and O–H groups in total. The number of hydrogen-bond acceptors (Lipinski definition) is 8. The zero-order valence-corrected chi connectivity index (χ0v) is 19.4. The Morgan fingerprint density at radius 2 is 1.60 bits per heavy atom. The summed E-state index contributed by atoms with van der Waals surface area (Å²) in [6.45, 7) is 3.12. The number of para-hydroxylation sites is 2. The Labute approximate surface area is 203 Å². The molecule has 5 rings (SSSR count). The Bertz CT molecular complexity index is 1270. The van der Waals surface area contributed by atoms with Gasteiger partial charge < -0.3 is 19.0 Å². The van der Waals surface area contributed by atoms with Gasteiger partial charge in [0.05, 0.1) is 23.9 Å². The molecule has 3 aromatic rings. The molecule has 2 aliphatic rings. The van der Waals surface area contributed by atoms with Crippen LogP contribution in [0.3, 0.4) is 0 Å². The van der Waals surface area contributed by atoms with Crippen LogP contribution in [0, 0.1) is 11.3 Å². The Kier molecular flexibility index (Phi) is 6.10. The van der Waals surface area contributed by atoms with Crippen molar-refractivity contribution in [2.24, 2.45) is 0 Å². The van der Waals surface area contributed by atoms with Crippen LogP contribution in [0.1, 0.15) is 38.7 Å². The maximum atomic E-state index is 12.5. The SMILES string of the molecule is COc1ccccc1N1CCN(c2oc(CCCN3C(=O)c4ccccc4C3=O)nc2C#N)CC1. The van der Waals surface area contributed by atoms with E-state index in [1.54, 1.807) is 31.4 Å². The van der Waals surface area contributed by atoms with Crippen molar-refractivity contribution in [2.45, 2.75) is 12.8 Å². The maximum absolute atomic E-state index is 12.5. The van der Waals surface area contributed by atoms with E-state index >= 15 is 0 Å². The molecule has 0 bridgehead atoms. The van der Waals surface area contributed by atoms with E-state index in [0.29, 0.717) is 48.8 Å². The number of carbonyl (C=O) groups excluding carboxylic acids is 2. The Morgan fingerprint density at radius 3 is 2.26 bits per heavy atom. The normalized spacial score (nSPS) is 15.4. The van der Waals surface area contributed by atoms with Crippen molar-refractivity contribution >= 4 is 23.4 Å². The van der Waals surface area contributed by atoms with Crippen molar-refractivity contribution in [2.75, 3.05) is 49.6 Å². The molecule has 35 heavy (non-hydrogen) atoms. The molecule has 2 aromatic carbocycles. The van der Waals surface area contributed by atoms with Crippen LogP contribution >= 0.6 is 0 Å². The average molecular weight is 472 g/mol. The lowest BCUT2D eigenvalue weighted by Crippen LogP contribution is -2.46. The second-order valence-electron chi connectivity index (χ2n) is 8.43. The fourth-order valence-corrected chi connectivity index (χ4v) is 4.62. The third-order valence-corrected chi connectivity index (χ3v) is 6.40. The van der Waals surface area contributed by atoms with E-state index in [0.717, 1.165) is 24.5 Å². The monoisotopic (exact) mass is 471 g/mol. The van der Waals surface area contributed by atoms with Gasteiger partial charge >= 0.3 is 0 Å². The Balaban J connectivity index is 1.20. The number of anilines is 2. The molecule has 9 heteroatoms. The average Bonchev–Trinajstić information content (AvgIpc) is 3.43. The number of methoxy groups -OCH3 is 1. The minimum atomic E-state index is -0.274. The fraction of sp³-hybridized carbons (Fsp3) is 0.308. The number of aryl methyl sites for hydroxylation is 1. The first kappa shape index (κ1) is 22.5. The molecular formula is C26H25N5O4. The number of nitrogens with zero attached hydrogens (tertiary/aromatic N) is 5. The lowest BCUT2D eigenvalue weighted by atomic mass is 10.1. The van der Waals surface area contributed by atoms with Crippen LogP contribution in [0.25, 0.3) is 0 Å². The number of nitriles is 1. The van der Waals surface area contributed by atoms with Gasteiger partial charge in [0.25, 0.3) is 11.8 Å². The highest BCUT2D eigenvalue weighted by molar-refractivity contribution is 6.21. The van der Waals surface area contributed by atoms with Gasteiger partial charge in [0.2, 0.25) is 11.6 Å². The molecule has 178 valence electrons. The molecule has 3 heterocycles. The van der Waals surface area contributed by atoms with Gasteiger partial charge in [-0.05, 0) is 30.7 Å². The first-order chi connectivity index (χ1) is 17.1. The summed E-state index contributed by atoms with van der Waals surface area (Å²) in [5, 5.41) is 9.60. The minimum absolute atomic E-state index is 0.256. The summed E-state index contributed by atoms with van der Waals surface area (Å²) in [5.74, 6) is 1.19. The summed E-state index contributed by atoms with van der Waals surface area (Å²) in [6, 6.07) is 16.9. The molecule has 1 fully saturated rings. The van der Waals surface area contributed by atoms with E-state index in [2.05, 4.69) is 16.0 Å². The third kappa shape index (κ3) is 4.19. The van der Waals surface area contributed by atoms with Crippen LogP contribution in [0.15, 0.2) is 52.9 Å². The van der Waals surface area contributed by atoms with Crippen molar-refractivity contribution in [3.63, 3.8) is 0 Å². The molecule has 0 unspecified atom stereocenters. The molecule has 9 nitrogen and oxygen atoms in total. The first-order valence-corrected chi connectivity index (χ1v) is 11.6. The molecule has 2 amide bonds. The summed E-state index contributed by atoms with van der Waals surface area (Å²) >= 11 is 0. The highest BCUT2D eigenvalue weighted by Gasteiger charge is 2.34. The molecule has 1 aromatic heterocycles. The smallest absolute Gasteiger partial charge is 0.261 e. The topological polar surface area (TPSA) is 103 Å². The van der Waals surface area contributed by atoms with Gasteiger partial charge in [0.15, 0.2) is 5.89 Å². The summed E-state index contributed by atoms with van der Waals surface area (Å²) < 4.78 is 11.5. The van der Waals surface area contributed by atoms with Gasteiger partial charge in [0.1, 0.15) is 11.8 Å². The maximum Gasteiger partial charge on any atom is 0.261 e. The predicted octanol–water partition coefficient (Wildman–Crippen LogP) is 3.11. The zero-order valence-electron chi connectivity index (χ0n) is 19.4.